The van der Waals surface area contributed by atoms with Crippen LogP contribution in [0, 0.1) is 13.8 Å². The molecule has 0 radical (unpaired) electrons. The Balaban J connectivity index is 1.65. The number of sulfonamides is 1. The fourth-order valence-corrected chi connectivity index (χ4v) is 4.33. The van der Waals surface area contributed by atoms with Crippen LogP contribution in [0.2, 0.25) is 0 Å². The predicted octanol–water partition coefficient (Wildman–Crippen LogP) is 2.69. The van der Waals surface area contributed by atoms with Crippen molar-refractivity contribution < 1.29 is 17.9 Å². The van der Waals surface area contributed by atoms with Crippen LogP contribution in [-0.4, -0.2) is 33.6 Å². The maximum atomic E-state index is 12.5. The number of aryl methyl sites for hydroxylation is 2. The fraction of sp³-hybridized carbons (Fsp3) is 0.381. The average Bonchev–Trinajstić information content (AvgIpc) is 3.19. The monoisotopic (exact) mass is 402 g/mol. The summed E-state index contributed by atoms with van der Waals surface area (Å²) in [5, 5.41) is 2.86. The molecule has 1 fully saturated rings. The first-order valence-electron chi connectivity index (χ1n) is 9.41. The maximum absolute atomic E-state index is 12.5. The third kappa shape index (κ3) is 5.19. The van der Waals surface area contributed by atoms with Gasteiger partial charge in [0.25, 0.3) is 5.91 Å². The van der Waals surface area contributed by atoms with E-state index in [0.29, 0.717) is 18.7 Å². The summed E-state index contributed by atoms with van der Waals surface area (Å²) in [6, 6.07) is 12.1. The van der Waals surface area contributed by atoms with E-state index in [1.54, 1.807) is 12.1 Å². The normalized spacial score (nSPS) is 16.9. The molecule has 150 valence electrons. The number of amides is 1. The van der Waals surface area contributed by atoms with Gasteiger partial charge in [0.05, 0.1) is 11.0 Å². The number of hydrogen-bond acceptors (Lipinski definition) is 4. The molecule has 0 aliphatic carbocycles. The molecule has 1 amide bonds. The van der Waals surface area contributed by atoms with E-state index in [1.807, 2.05) is 26.0 Å². The van der Waals surface area contributed by atoms with Crippen molar-refractivity contribution in [1.82, 2.24) is 10.0 Å². The van der Waals surface area contributed by atoms with E-state index in [0.717, 1.165) is 24.0 Å². The van der Waals surface area contributed by atoms with Crippen molar-refractivity contribution in [2.45, 2.75) is 44.2 Å². The Morgan fingerprint density at radius 1 is 1.18 bits per heavy atom. The van der Waals surface area contributed by atoms with Crippen molar-refractivity contribution in [1.29, 1.82) is 0 Å². The molecule has 3 rings (SSSR count). The van der Waals surface area contributed by atoms with Crippen molar-refractivity contribution in [3.63, 3.8) is 0 Å². The van der Waals surface area contributed by atoms with Crippen molar-refractivity contribution >= 4 is 15.9 Å². The molecular formula is C21H26N2O4S. The zero-order valence-corrected chi connectivity index (χ0v) is 17.0. The minimum atomic E-state index is -3.69. The average molecular weight is 403 g/mol. The van der Waals surface area contributed by atoms with Crippen molar-refractivity contribution in [2.75, 3.05) is 13.2 Å². The second-order valence-electron chi connectivity index (χ2n) is 7.13. The third-order valence-corrected chi connectivity index (χ3v) is 6.29. The minimum Gasteiger partial charge on any atom is -0.377 e. The van der Waals surface area contributed by atoms with Crippen LogP contribution in [-0.2, 0) is 21.3 Å². The van der Waals surface area contributed by atoms with Crippen molar-refractivity contribution in [3.8, 4) is 0 Å². The first-order valence-corrected chi connectivity index (χ1v) is 10.9. The van der Waals surface area contributed by atoms with Gasteiger partial charge in [-0.05, 0) is 56.0 Å². The number of ether oxygens (including phenoxy) is 1. The van der Waals surface area contributed by atoms with Gasteiger partial charge in [0.1, 0.15) is 0 Å². The molecule has 1 unspecified atom stereocenters. The van der Waals surface area contributed by atoms with Gasteiger partial charge in [0.15, 0.2) is 0 Å². The summed E-state index contributed by atoms with van der Waals surface area (Å²) in [6.45, 7) is 5.32. The topological polar surface area (TPSA) is 84.5 Å². The lowest BCUT2D eigenvalue weighted by atomic mass is 10.1. The summed E-state index contributed by atoms with van der Waals surface area (Å²) in [6.07, 6.45) is 1.71. The molecule has 28 heavy (non-hydrogen) atoms. The lowest BCUT2D eigenvalue weighted by Crippen LogP contribution is -2.32. The summed E-state index contributed by atoms with van der Waals surface area (Å²) in [5.41, 5.74) is 3.61. The summed E-state index contributed by atoms with van der Waals surface area (Å²) in [4.78, 5) is 12.6. The number of rotatable bonds is 7. The molecule has 1 saturated heterocycles. The Labute approximate surface area is 166 Å². The largest absolute Gasteiger partial charge is 0.377 e. The lowest BCUT2D eigenvalue weighted by Gasteiger charge is -2.12. The van der Waals surface area contributed by atoms with E-state index in [2.05, 4.69) is 16.1 Å². The van der Waals surface area contributed by atoms with E-state index in [4.69, 9.17) is 4.74 Å². The Morgan fingerprint density at radius 3 is 2.71 bits per heavy atom. The van der Waals surface area contributed by atoms with Gasteiger partial charge >= 0.3 is 0 Å². The smallest absolute Gasteiger partial charge is 0.251 e. The van der Waals surface area contributed by atoms with Gasteiger partial charge in [-0.15, -0.1) is 0 Å². The molecule has 2 N–H and O–H groups in total. The molecule has 0 bridgehead atoms. The quantitative estimate of drug-likeness (QED) is 0.746. The van der Waals surface area contributed by atoms with E-state index in [-0.39, 0.29) is 23.5 Å². The first kappa shape index (κ1) is 20.5. The molecule has 1 heterocycles. The van der Waals surface area contributed by atoms with Gasteiger partial charge in [0, 0.05) is 25.3 Å². The van der Waals surface area contributed by atoms with Gasteiger partial charge < -0.3 is 10.1 Å². The Morgan fingerprint density at radius 2 is 2.00 bits per heavy atom. The van der Waals surface area contributed by atoms with Crippen LogP contribution in [0.1, 0.15) is 39.9 Å². The molecule has 2 aromatic rings. The van der Waals surface area contributed by atoms with Gasteiger partial charge in [-0.2, -0.15) is 0 Å². The van der Waals surface area contributed by atoms with Crippen LogP contribution >= 0.6 is 0 Å². The SMILES string of the molecule is Cc1ccc(CNC(=O)c2cccc(S(=O)(=O)NCC3CCCO3)c2)c(C)c1. The van der Waals surface area contributed by atoms with E-state index >= 15 is 0 Å². The van der Waals surface area contributed by atoms with Crippen LogP contribution in [0.25, 0.3) is 0 Å². The van der Waals surface area contributed by atoms with Crippen LogP contribution in [0.4, 0.5) is 0 Å². The highest BCUT2D eigenvalue weighted by Crippen LogP contribution is 2.15. The molecule has 6 nitrogen and oxygen atoms in total. The summed E-state index contributed by atoms with van der Waals surface area (Å²) < 4.78 is 33.1. The summed E-state index contributed by atoms with van der Waals surface area (Å²) in [5.74, 6) is -0.309. The summed E-state index contributed by atoms with van der Waals surface area (Å²) in [7, 11) is -3.69. The molecule has 0 spiro atoms. The highest BCUT2D eigenvalue weighted by molar-refractivity contribution is 7.89. The van der Waals surface area contributed by atoms with Crippen molar-refractivity contribution in [3.05, 3.63) is 64.7 Å². The molecule has 2 aromatic carbocycles. The molecule has 1 aliphatic rings. The number of carbonyl (C=O) groups excluding carboxylic acids is 1. The van der Waals surface area contributed by atoms with Gasteiger partial charge in [0.2, 0.25) is 10.0 Å². The molecular weight excluding hydrogens is 376 g/mol. The number of carbonyl (C=O) groups is 1. The highest BCUT2D eigenvalue weighted by Gasteiger charge is 2.21. The number of nitrogens with one attached hydrogen (secondary N) is 2. The van der Waals surface area contributed by atoms with E-state index < -0.39 is 10.0 Å². The van der Waals surface area contributed by atoms with E-state index in [1.165, 1.54) is 17.7 Å². The fourth-order valence-electron chi connectivity index (χ4n) is 3.22. The first-order chi connectivity index (χ1) is 13.3. The molecule has 1 aliphatic heterocycles. The Bertz CT molecular complexity index is 951. The second-order valence-corrected chi connectivity index (χ2v) is 8.89. The van der Waals surface area contributed by atoms with Gasteiger partial charge in [-0.25, -0.2) is 13.1 Å². The lowest BCUT2D eigenvalue weighted by molar-refractivity contribution is 0.0950. The molecule has 0 aromatic heterocycles. The number of hydrogen-bond donors (Lipinski definition) is 2. The van der Waals surface area contributed by atoms with Crippen molar-refractivity contribution in [2.24, 2.45) is 0 Å². The zero-order chi connectivity index (χ0) is 20.1. The third-order valence-electron chi connectivity index (χ3n) is 4.87. The van der Waals surface area contributed by atoms with E-state index in [9.17, 15) is 13.2 Å². The predicted molar refractivity (Wildman–Crippen MR) is 108 cm³/mol. The van der Waals surface area contributed by atoms with Gasteiger partial charge in [-0.3, -0.25) is 4.79 Å². The molecule has 1 atom stereocenters. The standard InChI is InChI=1S/C21H26N2O4S/c1-15-8-9-18(16(2)11-15)13-22-21(24)17-5-3-7-20(12-17)28(25,26)23-14-19-6-4-10-27-19/h3,5,7-9,11-12,19,23H,4,6,10,13-14H2,1-2H3,(H,22,24). The van der Waals surface area contributed by atoms with Crippen LogP contribution < -0.4 is 10.0 Å². The summed E-state index contributed by atoms with van der Waals surface area (Å²) >= 11 is 0. The minimum absolute atomic E-state index is 0.0738. The highest BCUT2D eigenvalue weighted by atomic mass is 32.2. The maximum Gasteiger partial charge on any atom is 0.251 e. The Hall–Kier alpha value is -2.22. The number of benzene rings is 2. The molecule has 0 saturated carbocycles. The van der Waals surface area contributed by atoms with Crippen LogP contribution in [0.15, 0.2) is 47.4 Å². The Kier molecular flexibility index (Phi) is 6.49. The zero-order valence-electron chi connectivity index (χ0n) is 16.2. The second kappa shape index (κ2) is 8.86. The van der Waals surface area contributed by atoms with Crippen LogP contribution in [0.3, 0.4) is 0 Å². The molecule has 7 heteroatoms. The van der Waals surface area contributed by atoms with Gasteiger partial charge in [-0.1, -0.05) is 29.8 Å². The van der Waals surface area contributed by atoms with Crippen LogP contribution in [0.5, 0.6) is 0 Å².